The molecule has 0 bridgehead atoms. The molecule has 0 saturated carbocycles. The first-order chi connectivity index (χ1) is 7.11. The molecular weight excluding hydrogens is 213 g/mol. The van der Waals surface area contributed by atoms with Crippen molar-refractivity contribution in [1.29, 1.82) is 10.5 Å². The Morgan fingerprint density at radius 3 is 2.13 bits per heavy atom. The molecule has 1 aromatic rings. The van der Waals surface area contributed by atoms with Crippen LogP contribution in [0.15, 0.2) is 6.07 Å². The zero-order valence-electron chi connectivity index (χ0n) is 6.92. The summed E-state index contributed by atoms with van der Waals surface area (Å²) in [7, 11) is 0. The Labute approximate surface area is 81.7 Å². The lowest BCUT2D eigenvalue weighted by molar-refractivity contribution is 0.374. The molecule has 0 atom stereocenters. The molecule has 7 heteroatoms. The van der Waals surface area contributed by atoms with Gasteiger partial charge in [-0.25, -0.2) is 4.39 Å². The van der Waals surface area contributed by atoms with E-state index in [2.05, 4.69) is 9.47 Å². The Morgan fingerprint density at radius 1 is 1.00 bits per heavy atom. The van der Waals surface area contributed by atoms with Gasteiger partial charge < -0.3 is 9.47 Å². The van der Waals surface area contributed by atoms with E-state index in [0.29, 0.717) is 6.07 Å². The van der Waals surface area contributed by atoms with E-state index in [0.717, 1.165) is 12.5 Å². The Hall–Kier alpha value is -2.41. The molecule has 0 unspecified atom stereocenters. The molecule has 0 aliphatic rings. The summed E-state index contributed by atoms with van der Waals surface area (Å²) in [6.07, 6.45) is 2.04. The number of rotatable bonds is 2. The van der Waals surface area contributed by atoms with E-state index in [1.54, 1.807) is 0 Å². The highest BCUT2D eigenvalue weighted by Gasteiger charge is 2.21. The molecule has 0 fully saturated rings. The predicted molar refractivity (Wildman–Crippen MR) is 38.8 cm³/mol. The van der Waals surface area contributed by atoms with Crippen molar-refractivity contribution in [1.82, 2.24) is 0 Å². The minimum Gasteiger partial charge on any atom is -0.385 e. The van der Waals surface area contributed by atoms with Crippen LogP contribution in [0.1, 0.15) is 0 Å². The average molecular weight is 214 g/mol. The van der Waals surface area contributed by atoms with Crippen LogP contribution in [0.5, 0.6) is 11.5 Å². The number of halogens is 3. The third-order valence-electron chi connectivity index (χ3n) is 1.39. The van der Waals surface area contributed by atoms with Crippen LogP contribution in [0, 0.1) is 40.5 Å². The first-order valence-electron chi connectivity index (χ1n) is 3.41. The van der Waals surface area contributed by atoms with Crippen LogP contribution >= 0.6 is 0 Å². The van der Waals surface area contributed by atoms with E-state index in [4.69, 9.17) is 10.5 Å². The van der Waals surface area contributed by atoms with E-state index in [9.17, 15) is 13.2 Å². The molecule has 4 nitrogen and oxygen atoms in total. The van der Waals surface area contributed by atoms with E-state index >= 15 is 0 Å². The van der Waals surface area contributed by atoms with E-state index < -0.39 is 29.0 Å². The second-order valence-electron chi connectivity index (χ2n) is 2.20. The lowest BCUT2D eigenvalue weighted by Crippen LogP contribution is -1.99. The molecule has 0 amide bonds. The second-order valence-corrected chi connectivity index (χ2v) is 2.20. The first kappa shape index (κ1) is 10.7. The summed E-state index contributed by atoms with van der Waals surface area (Å²) in [5, 5.41) is 16.1. The number of benzene rings is 1. The van der Waals surface area contributed by atoms with E-state index in [-0.39, 0.29) is 0 Å². The highest BCUT2D eigenvalue weighted by molar-refractivity contribution is 5.37. The fraction of sp³-hybridized carbons (Fsp3) is 0. The molecule has 0 aromatic heterocycles. The van der Waals surface area contributed by atoms with E-state index in [1.165, 1.54) is 0 Å². The minimum atomic E-state index is -1.73. The van der Waals surface area contributed by atoms with Crippen LogP contribution in [-0.4, -0.2) is 0 Å². The number of hydrogen-bond donors (Lipinski definition) is 0. The van der Waals surface area contributed by atoms with Crippen molar-refractivity contribution in [3.8, 4) is 24.0 Å². The van der Waals surface area contributed by atoms with E-state index in [1.807, 2.05) is 0 Å². The van der Waals surface area contributed by atoms with Gasteiger partial charge in [-0.15, -0.1) is 10.5 Å². The quantitative estimate of drug-likeness (QED) is 0.556. The zero-order valence-corrected chi connectivity index (χ0v) is 6.92. The molecule has 1 aromatic carbocycles. The smallest absolute Gasteiger partial charge is 0.292 e. The molecule has 1 rings (SSSR count). The van der Waals surface area contributed by atoms with Gasteiger partial charge in [0.1, 0.15) is 0 Å². The predicted octanol–water partition coefficient (Wildman–Crippen LogP) is 1.82. The van der Waals surface area contributed by atoms with Gasteiger partial charge in [0.05, 0.1) is 0 Å². The van der Waals surface area contributed by atoms with Gasteiger partial charge in [0.2, 0.25) is 17.4 Å². The van der Waals surface area contributed by atoms with Crippen LogP contribution in [0.4, 0.5) is 13.2 Å². The van der Waals surface area contributed by atoms with Gasteiger partial charge in [-0.2, -0.15) is 8.78 Å². The third-order valence-corrected chi connectivity index (χ3v) is 1.39. The molecular formula is C8HF3N2O2. The molecule has 0 aliphatic heterocycles. The highest BCUT2D eigenvalue weighted by Crippen LogP contribution is 2.30. The molecule has 0 radical (unpaired) electrons. The molecule has 0 saturated heterocycles. The van der Waals surface area contributed by atoms with Gasteiger partial charge in [0, 0.05) is 6.07 Å². The Bertz CT molecular complexity index is 476. The van der Waals surface area contributed by atoms with Gasteiger partial charge in [0.15, 0.2) is 11.6 Å². The Balaban J connectivity index is 3.33. The summed E-state index contributed by atoms with van der Waals surface area (Å²) in [6, 6.07) is 0.397. The van der Waals surface area contributed by atoms with Crippen molar-refractivity contribution in [2.45, 2.75) is 0 Å². The maximum atomic E-state index is 13.0. The standard InChI is InChI=1S/C8HF3N2O2/c9-4-1-5(14-2-12)6(10)7(11)8(4)15-3-13/h1H. The average Bonchev–Trinajstić information content (AvgIpc) is 2.21. The van der Waals surface area contributed by atoms with Gasteiger partial charge in [-0.05, 0) is 0 Å². The third kappa shape index (κ3) is 1.92. The van der Waals surface area contributed by atoms with Gasteiger partial charge >= 0.3 is 0 Å². The summed E-state index contributed by atoms with van der Waals surface area (Å²) >= 11 is 0. The lowest BCUT2D eigenvalue weighted by Gasteiger charge is -2.04. The first-order valence-corrected chi connectivity index (χ1v) is 3.41. The SMILES string of the molecule is N#COc1cc(F)c(OC#N)c(F)c1F. The number of hydrogen-bond acceptors (Lipinski definition) is 4. The summed E-state index contributed by atoms with van der Waals surface area (Å²) in [6.45, 7) is 0. The van der Waals surface area contributed by atoms with Gasteiger partial charge in [0.25, 0.3) is 12.5 Å². The van der Waals surface area contributed by atoms with Crippen molar-refractivity contribution in [2.75, 3.05) is 0 Å². The normalized spacial score (nSPS) is 8.87. The second kappa shape index (κ2) is 4.20. The maximum absolute atomic E-state index is 13.0. The van der Waals surface area contributed by atoms with Crippen LogP contribution in [0.2, 0.25) is 0 Å². The van der Waals surface area contributed by atoms with Crippen LogP contribution in [0.3, 0.4) is 0 Å². The zero-order chi connectivity index (χ0) is 11.4. The van der Waals surface area contributed by atoms with Crippen molar-refractivity contribution in [2.24, 2.45) is 0 Å². The lowest BCUT2D eigenvalue weighted by atomic mass is 10.3. The topological polar surface area (TPSA) is 66.0 Å². The molecule has 15 heavy (non-hydrogen) atoms. The summed E-state index contributed by atoms with van der Waals surface area (Å²) < 4.78 is 46.6. The van der Waals surface area contributed by atoms with Crippen LogP contribution < -0.4 is 9.47 Å². The molecule has 0 aliphatic carbocycles. The van der Waals surface area contributed by atoms with Crippen LogP contribution in [0.25, 0.3) is 0 Å². The Kier molecular flexibility index (Phi) is 2.99. The Morgan fingerprint density at radius 2 is 1.60 bits per heavy atom. The molecule has 76 valence electrons. The summed E-state index contributed by atoms with van der Waals surface area (Å²) in [5.41, 5.74) is 0. The van der Waals surface area contributed by atoms with Crippen molar-refractivity contribution < 1.29 is 22.6 Å². The van der Waals surface area contributed by atoms with Gasteiger partial charge in [-0.3, -0.25) is 0 Å². The fourth-order valence-electron chi connectivity index (χ4n) is 0.819. The number of nitriles is 2. The molecule has 0 heterocycles. The largest absolute Gasteiger partial charge is 0.385 e. The van der Waals surface area contributed by atoms with Gasteiger partial charge in [-0.1, -0.05) is 0 Å². The van der Waals surface area contributed by atoms with Crippen LogP contribution in [-0.2, 0) is 0 Å². The fourth-order valence-corrected chi connectivity index (χ4v) is 0.819. The van der Waals surface area contributed by atoms with Crippen molar-refractivity contribution in [3.05, 3.63) is 23.5 Å². The summed E-state index contributed by atoms with van der Waals surface area (Å²) in [5.74, 6) is -6.79. The van der Waals surface area contributed by atoms with Crippen molar-refractivity contribution in [3.63, 3.8) is 0 Å². The van der Waals surface area contributed by atoms with Crippen molar-refractivity contribution >= 4 is 0 Å². The molecule has 0 spiro atoms. The highest BCUT2D eigenvalue weighted by atomic mass is 19.2. The maximum Gasteiger partial charge on any atom is 0.292 e. The summed E-state index contributed by atoms with van der Waals surface area (Å²) in [4.78, 5) is 0. The molecule has 0 N–H and O–H groups in total. The number of ether oxygens (including phenoxy) is 2. The number of nitrogens with zero attached hydrogens (tertiary/aromatic N) is 2. The monoisotopic (exact) mass is 214 g/mol. The minimum absolute atomic E-state index is 0.397.